The highest BCUT2D eigenvalue weighted by Gasteiger charge is 2.52. The second-order valence-electron chi connectivity index (χ2n) is 12.2. The standard InChI is InChI=1S/C24BF20.C13H11N2/c26-5-1(6(27)14(35)21(42)13(5)34)25(2-7(28)15(36)22(43)16(37)8(2)29,3-9(30)17(38)23(44)18(39)10(3)31)4-11(32)19(40)24(45)20(41)12(4)33;14-10-12-4-6-13(7-5-12)11-15-8-2-1-3-9-15/h;1-9H,11H2/q-1;+1. The van der Waals surface area contributed by atoms with Crippen LogP contribution in [0.3, 0.4) is 0 Å². The van der Waals surface area contributed by atoms with Gasteiger partial charge in [-0.3, -0.25) is 0 Å². The number of aromatic nitrogens is 1. The van der Waals surface area contributed by atoms with E-state index in [9.17, 15) is 52.7 Å². The van der Waals surface area contributed by atoms with Crippen LogP contribution in [0.5, 0.6) is 0 Å². The molecule has 2 nitrogen and oxygen atoms in total. The summed E-state index contributed by atoms with van der Waals surface area (Å²) in [5, 5.41) is 8.66. The summed E-state index contributed by atoms with van der Waals surface area (Å²) in [5.74, 6) is -71.4. The fourth-order valence-electron chi connectivity index (χ4n) is 6.31. The van der Waals surface area contributed by atoms with Crippen molar-refractivity contribution in [3.05, 3.63) is 182 Å². The van der Waals surface area contributed by atoms with E-state index in [0.717, 1.165) is 6.54 Å². The van der Waals surface area contributed by atoms with E-state index in [0.29, 0.717) is 5.56 Å². The Bertz CT molecular complexity index is 2360. The van der Waals surface area contributed by atoms with Crippen molar-refractivity contribution in [2.45, 2.75) is 6.54 Å². The molecule has 0 aliphatic rings. The Kier molecular flexibility index (Phi) is 12.3. The summed E-state index contributed by atoms with van der Waals surface area (Å²) < 4.78 is 296. The molecule has 0 unspecified atom stereocenters. The lowest BCUT2D eigenvalue weighted by Gasteiger charge is -2.44. The third-order valence-corrected chi connectivity index (χ3v) is 8.93. The Balaban J connectivity index is 0.000000379. The lowest BCUT2D eigenvalue weighted by atomic mass is 9.12. The van der Waals surface area contributed by atoms with Crippen LogP contribution in [-0.4, -0.2) is 6.15 Å². The third-order valence-electron chi connectivity index (χ3n) is 8.93. The molecule has 0 spiro atoms. The van der Waals surface area contributed by atoms with Gasteiger partial charge in [0.2, 0.25) is 0 Å². The number of hydrogen-bond acceptors (Lipinski definition) is 1. The van der Waals surface area contributed by atoms with E-state index < -0.39 is 144 Å². The van der Waals surface area contributed by atoms with Crippen LogP contribution in [0.4, 0.5) is 87.8 Å². The van der Waals surface area contributed by atoms with E-state index >= 15 is 35.1 Å². The van der Waals surface area contributed by atoms with Gasteiger partial charge in [0.1, 0.15) is 52.7 Å². The van der Waals surface area contributed by atoms with Crippen molar-refractivity contribution in [1.82, 2.24) is 0 Å². The molecular weight excluding hydrogens is 863 g/mol. The number of benzene rings is 5. The number of rotatable bonds is 6. The SMILES string of the molecule is Fc1c(F)c(F)c([B-](c2c(F)c(F)c(F)c(F)c2F)(c2c(F)c(F)c(F)c(F)c2F)c2c(F)c(F)c(F)c(F)c2F)c(F)c1F.N#Cc1ccc(C[n+]2ccccc2)cc1. The van der Waals surface area contributed by atoms with Gasteiger partial charge in [-0.2, -0.15) is 5.26 Å². The van der Waals surface area contributed by atoms with Crippen molar-refractivity contribution in [1.29, 1.82) is 5.26 Å². The maximum Gasteiger partial charge on any atom is 0.200 e. The van der Waals surface area contributed by atoms with Crippen LogP contribution >= 0.6 is 0 Å². The molecular formula is C37H11BF20N2. The molecule has 0 amide bonds. The summed E-state index contributed by atoms with van der Waals surface area (Å²) in [4.78, 5) is 0. The summed E-state index contributed by atoms with van der Waals surface area (Å²) in [7, 11) is 0. The zero-order valence-corrected chi connectivity index (χ0v) is 28.4. The van der Waals surface area contributed by atoms with Gasteiger partial charge in [-0.25, -0.2) is 92.4 Å². The Morgan fingerprint density at radius 3 is 0.817 bits per heavy atom. The fourth-order valence-corrected chi connectivity index (χ4v) is 6.31. The minimum absolute atomic E-state index is 0.705. The first-order valence-corrected chi connectivity index (χ1v) is 15.7. The Morgan fingerprint density at radius 1 is 0.350 bits per heavy atom. The summed E-state index contributed by atoms with van der Waals surface area (Å²) >= 11 is 0. The highest BCUT2D eigenvalue weighted by Crippen LogP contribution is 2.30. The number of halogens is 20. The lowest BCUT2D eigenvalue weighted by Crippen LogP contribution is -2.81. The molecule has 0 saturated heterocycles. The molecule has 0 bridgehead atoms. The average molecular weight is 874 g/mol. The van der Waals surface area contributed by atoms with E-state index in [1.165, 1.54) is 5.56 Å². The molecule has 312 valence electrons. The molecule has 0 saturated carbocycles. The number of pyridine rings is 1. The molecule has 0 aliphatic carbocycles. The molecule has 6 rings (SSSR count). The molecule has 0 fully saturated rings. The van der Waals surface area contributed by atoms with Crippen LogP contribution < -0.4 is 26.4 Å². The Labute approximate surface area is 320 Å². The molecule has 5 aromatic carbocycles. The molecule has 1 aromatic heterocycles. The minimum atomic E-state index is -7.22. The summed E-state index contributed by atoms with van der Waals surface area (Å²) in [6, 6.07) is 15.8. The molecule has 0 radical (unpaired) electrons. The van der Waals surface area contributed by atoms with Gasteiger partial charge >= 0.3 is 0 Å². The second-order valence-corrected chi connectivity index (χ2v) is 12.2. The van der Waals surface area contributed by atoms with E-state index in [1.54, 1.807) is 0 Å². The smallest absolute Gasteiger partial charge is 0.200 e. The van der Waals surface area contributed by atoms with Crippen LogP contribution in [0.2, 0.25) is 0 Å². The number of nitriles is 1. The van der Waals surface area contributed by atoms with Crippen LogP contribution in [0.15, 0.2) is 54.9 Å². The van der Waals surface area contributed by atoms with Gasteiger partial charge in [-0.15, -0.1) is 21.9 Å². The molecule has 0 aliphatic heterocycles. The predicted octanol–water partition coefficient (Wildman–Crippen LogP) is 7.74. The predicted molar refractivity (Wildman–Crippen MR) is 166 cm³/mol. The van der Waals surface area contributed by atoms with Crippen molar-refractivity contribution in [3.63, 3.8) is 0 Å². The van der Waals surface area contributed by atoms with Gasteiger partial charge < -0.3 is 0 Å². The van der Waals surface area contributed by atoms with Crippen LogP contribution in [-0.2, 0) is 6.54 Å². The quantitative estimate of drug-likeness (QED) is 0.0554. The van der Waals surface area contributed by atoms with Gasteiger partial charge in [-0.05, 0) is 12.1 Å². The fraction of sp³-hybridized carbons (Fsp3) is 0.0270. The summed E-state index contributed by atoms with van der Waals surface area (Å²) in [6.45, 7) is 0.840. The minimum Gasteiger partial charge on any atom is -0.207 e. The van der Waals surface area contributed by atoms with Crippen molar-refractivity contribution in [3.8, 4) is 6.07 Å². The normalized spacial score (nSPS) is 11.4. The zero-order valence-electron chi connectivity index (χ0n) is 28.4. The van der Waals surface area contributed by atoms with E-state index in [2.05, 4.69) is 10.6 Å². The molecule has 0 atom stereocenters. The topological polar surface area (TPSA) is 27.7 Å². The Hall–Kier alpha value is -6.60. The van der Waals surface area contributed by atoms with Crippen LogP contribution in [0.1, 0.15) is 11.1 Å². The monoisotopic (exact) mass is 874 g/mol. The van der Waals surface area contributed by atoms with Gasteiger partial charge in [0.15, 0.2) is 88.7 Å². The first-order valence-electron chi connectivity index (χ1n) is 15.7. The molecule has 23 heteroatoms. The van der Waals surface area contributed by atoms with Crippen LogP contribution in [0, 0.1) is 128 Å². The van der Waals surface area contributed by atoms with Crippen molar-refractivity contribution in [2.24, 2.45) is 0 Å². The number of hydrogen-bond donors (Lipinski definition) is 0. The Morgan fingerprint density at radius 2 is 0.583 bits per heavy atom. The van der Waals surface area contributed by atoms with Crippen molar-refractivity contribution >= 4 is 28.0 Å². The molecule has 6 aromatic rings. The van der Waals surface area contributed by atoms with Crippen molar-refractivity contribution < 1.29 is 92.4 Å². The highest BCUT2D eigenvalue weighted by atomic mass is 19.2. The maximum atomic E-state index is 15.4. The molecule has 0 N–H and O–H groups in total. The van der Waals surface area contributed by atoms with Gasteiger partial charge in [0.05, 0.1) is 11.6 Å². The van der Waals surface area contributed by atoms with Crippen molar-refractivity contribution in [2.75, 3.05) is 0 Å². The lowest BCUT2D eigenvalue weighted by molar-refractivity contribution is -0.688. The van der Waals surface area contributed by atoms with Crippen LogP contribution in [0.25, 0.3) is 0 Å². The largest absolute Gasteiger partial charge is 0.207 e. The third kappa shape index (κ3) is 6.92. The molecule has 1 heterocycles. The average Bonchev–Trinajstić information content (AvgIpc) is 3.24. The highest BCUT2D eigenvalue weighted by molar-refractivity contribution is 7.20. The number of nitrogens with zero attached hydrogens (tertiary/aromatic N) is 2. The van der Waals surface area contributed by atoms with E-state index in [1.807, 2.05) is 54.9 Å². The van der Waals surface area contributed by atoms with E-state index in [4.69, 9.17) is 5.26 Å². The summed E-state index contributed by atoms with van der Waals surface area (Å²) in [5.41, 5.74) is -12.4. The summed E-state index contributed by atoms with van der Waals surface area (Å²) in [6.07, 6.45) is -3.17. The van der Waals surface area contributed by atoms with E-state index in [-0.39, 0.29) is 0 Å². The maximum absolute atomic E-state index is 15.4. The molecule has 60 heavy (non-hydrogen) atoms. The zero-order chi connectivity index (χ0) is 44.9. The first kappa shape index (κ1) is 44.5. The van der Waals surface area contributed by atoms with Gasteiger partial charge in [-0.1, -0.05) is 18.2 Å². The first-order chi connectivity index (χ1) is 28.1. The second kappa shape index (κ2) is 16.6. The van der Waals surface area contributed by atoms with Gasteiger partial charge in [0, 0.05) is 17.7 Å². The van der Waals surface area contributed by atoms with Gasteiger partial charge in [0.25, 0.3) is 0 Å².